The van der Waals surface area contributed by atoms with E-state index in [0.29, 0.717) is 12.3 Å². The van der Waals surface area contributed by atoms with Crippen molar-refractivity contribution in [1.29, 1.82) is 0 Å². The van der Waals surface area contributed by atoms with E-state index in [-0.39, 0.29) is 36.6 Å². The maximum Gasteiger partial charge on any atom is 0.337 e. The lowest BCUT2D eigenvalue weighted by molar-refractivity contribution is 0.0600. The molecule has 2 aromatic rings. The van der Waals surface area contributed by atoms with E-state index in [9.17, 15) is 17.9 Å². The van der Waals surface area contributed by atoms with E-state index in [1.54, 1.807) is 0 Å². The molecule has 1 saturated heterocycles. The zero-order chi connectivity index (χ0) is 21.5. The molecule has 0 aromatic heterocycles. The van der Waals surface area contributed by atoms with Gasteiger partial charge in [0.15, 0.2) is 0 Å². The summed E-state index contributed by atoms with van der Waals surface area (Å²) in [6, 6.07) is 12.2. The number of halogens is 2. The van der Waals surface area contributed by atoms with E-state index >= 15 is 0 Å². The number of nitrogens with zero attached hydrogens (tertiary/aromatic N) is 1. The van der Waals surface area contributed by atoms with Gasteiger partial charge in [-0.3, -0.25) is 4.21 Å². The maximum atomic E-state index is 14.4. The fourth-order valence-corrected chi connectivity index (χ4v) is 4.21. The quantitative estimate of drug-likeness (QED) is 0.473. The average Bonchev–Trinajstić information content (AvgIpc) is 2.77. The molecule has 170 valence electrons. The minimum atomic E-state index is -2.49. The van der Waals surface area contributed by atoms with Gasteiger partial charge in [-0.2, -0.15) is 0 Å². The van der Waals surface area contributed by atoms with Gasteiger partial charge in [0.05, 0.1) is 12.7 Å². The molecule has 0 spiro atoms. The van der Waals surface area contributed by atoms with Crippen LogP contribution in [0.25, 0.3) is 0 Å². The Morgan fingerprint density at radius 2 is 2.00 bits per heavy atom. The van der Waals surface area contributed by atoms with E-state index in [4.69, 9.17) is 0 Å². The number of hydrogen-bond acceptors (Lipinski definition) is 5. The first kappa shape index (κ1) is 25.4. The minimum Gasteiger partial charge on any atom is -0.760 e. The summed E-state index contributed by atoms with van der Waals surface area (Å²) in [4.78, 5) is 11.5. The topological polar surface area (TPSA) is 81.7 Å². The second kappa shape index (κ2) is 12.3. The molecule has 31 heavy (non-hydrogen) atoms. The van der Waals surface area contributed by atoms with Crippen molar-refractivity contribution in [2.24, 2.45) is 0 Å². The van der Waals surface area contributed by atoms with Gasteiger partial charge in [0, 0.05) is 29.9 Å². The molecule has 0 saturated carbocycles. The van der Waals surface area contributed by atoms with E-state index in [1.165, 1.54) is 29.1 Å². The largest absolute Gasteiger partial charge is 0.760 e. The summed E-state index contributed by atoms with van der Waals surface area (Å²) >= 11 is -2.49. The van der Waals surface area contributed by atoms with Crippen LogP contribution in [0, 0.1) is 5.82 Å². The Kier molecular flexibility index (Phi) is 10.1. The summed E-state index contributed by atoms with van der Waals surface area (Å²) in [5.41, 5.74) is 2.63. The second-order valence-corrected chi connectivity index (χ2v) is 8.35. The van der Waals surface area contributed by atoms with Gasteiger partial charge in [0.25, 0.3) is 0 Å². The molecule has 1 aliphatic heterocycles. The van der Waals surface area contributed by atoms with Crippen LogP contribution >= 0.6 is 12.4 Å². The van der Waals surface area contributed by atoms with E-state index in [1.807, 2.05) is 12.1 Å². The molecule has 0 amide bonds. The van der Waals surface area contributed by atoms with Gasteiger partial charge in [-0.1, -0.05) is 30.3 Å². The Balaban J connectivity index is 0.00000341. The highest BCUT2D eigenvalue weighted by Gasteiger charge is 2.16. The smallest absolute Gasteiger partial charge is 0.337 e. The second-order valence-electron chi connectivity index (χ2n) is 7.40. The zero-order valence-corrected chi connectivity index (χ0v) is 19.0. The number of methoxy groups -OCH3 is 1. The van der Waals surface area contributed by atoms with E-state index in [2.05, 4.69) is 22.2 Å². The number of hydrogen-bond donors (Lipinski definition) is 1. The summed E-state index contributed by atoms with van der Waals surface area (Å²) in [5.74, 6) is -0.752. The highest BCUT2D eigenvalue weighted by molar-refractivity contribution is 7.76. The summed E-state index contributed by atoms with van der Waals surface area (Å²) in [6.07, 6.45) is 2.73. The Hall–Kier alpha value is -1.84. The lowest BCUT2D eigenvalue weighted by Gasteiger charge is -2.25. The minimum absolute atomic E-state index is 0. The monoisotopic (exact) mass is 469 g/mol. The van der Waals surface area contributed by atoms with Crippen LogP contribution in [0.1, 0.15) is 45.8 Å². The molecule has 1 N–H and O–H groups in total. The van der Waals surface area contributed by atoms with Crippen LogP contribution in [0.4, 0.5) is 4.39 Å². The van der Waals surface area contributed by atoms with E-state index < -0.39 is 23.1 Å². The highest BCUT2D eigenvalue weighted by Crippen LogP contribution is 2.26. The SMILES string of the molecule is COC(=O)c1ccc(CN(CCc2cccc(C3CCNCC3)c2)S(=O)[O-])c(F)c1.Cl. The lowest BCUT2D eigenvalue weighted by Crippen LogP contribution is -2.28. The molecule has 6 nitrogen and oxygen atoms in total. The Labute approximate surface area is 191 Å². The van der Waals surface area contributed by atoms with Gasteiger partial charge in [-0.25, -0.2) is 13.5 Å². The zero-order valence-electron chi connectivity index (χ0n) is 17.3. The summed E-state index contributed by atoms with van der Waals surface area (Å²) in [6.45, 7) is 2.16. The third-order valence-corrected chi connectivity index (χ3v) is 6.18. The molecule has 9 heteroatoms. The first-order valence-corrected chi connectivity index (χ1v) is 11.0. The van der Waals surface area contributed by atoms with Gasteiger partial charge < -0.3 is 14.6 Å². The van der Waals surface area contributed by atoms with Gasteiger partial charge in [0.2, 0.25) is 0 Å². The molecule has 1 heterocycles. The van der Waals surface area contributed by atoms with Crippen LogP contribution in [-0.4, -0.2) is 45.8 Å². The first-order chi connectivity index (χ1) is 14.5. The molecule has 1 unspecified atom stereocenters. The Morgan fingerprint density at radius 3 is 2.65 bits per heavy atom. The fourth-order valence-electron chi connectivity index (χ4n) is 3.73. The lowest BCUT2D eigenvalue weighted by atomic mass is 9.89. The van der Waals surface area contributed by atoms with Crippen LogP contribution < -0.4 is 5.32 Å². The average molecular weight is 470 g/mol. The Bertz CT molecular complexity index is 909. The summed E-state index contributed by atoms with van der Waals surface area (Å²) in [5, 5.41) is 3.36. The number of rotatable bonds is 8. The molecule has 1 atom stereocenters. The number of esters is 1. The van der Waals surface area contributed by atoms with Crippen molar-refractivity contribution < 1.29 is 22.7 Å². The van der Waals surface area contributed by atoms with Gasteiger partial charge in [-0.05, 0) is 61.5 Å². The van der Waals surface area contributed by atoms with Crippen molar-refractivity contribution in [1.82, 2.24) is 9.62 Å². The van der Waals surface area contributed by atoms with Crippen LogP contribution in [0.2, 0.25) is 0 Å². The first-order valence-electron chi connectivity index (χ1n) is 9.98. The molecule has 2 aromatic carbocycles. The number of nitrogens with one attached hydrogen (secondary N) is 1. The molecule has 3 rings (SSSR count). The molecular formula is C22H27ClFN2O4S-. The van der Waals surface area contributed by atoms with Crippen molar-refractivity contribution in [2.75, 3.05) is 26.7 Å². The number of benzene rings is 2. The number of ether oxygens (including phenoxy) is 1. The third-order valence-electron chi connectivity index (χ3n) is 5.44. The number of carbonyl (C=O) groups is 1. The van der Waals surface area contributed by atoms with Crippen LogP contribution in [0.3, 0.4) is 0 Å². The van der Waals surface area contributed by atoms with Crippen molar-refractivity contribution in [3.8, 4) is 0 Å². The van der Waals surface area contributed by atoms with Gasteiger partial charge in [-0.15, -0.1) is 12.4 Å². The van der Waals surface area contributed by atoms with Gasteiger partial charge in [0.1, 0.15) is 5.82 Å². The molecule has 0 bridgehead atoms. The highest BCUT2D eigenvalue weighted by atomic mass is 35.5. The Morgan fingerprint density at radius 1 is 1.26 bits per heavy atom. The van der Waals surface area contributed by atoms with Crippen molar-refractivity contribution in [3.05, 3.63) is 70.5 Å². The predicted molar refractivity (Wildman–Crippen MR) is 119 cm³/mol. The maximum absolute atomic E-state index is 14.4. The van der Waals surface area contributed by atoms with Crippen molar-refractivity contribution in [3.63, 3.8) is 0 Å². The van der Waals surface area contributed by atoms with Crippen LogP contribution in [-0.2, 0) is 29.0 Å². The summed E-state index contributed by atoms with van der Waals surface area (Å²) < 4.78 is 43.5. The third kappa shape index (κ3) is 7.08. The molecule has 1 fully saturated rings. The number of piperidine rings is 1. The fraction of sp³-hybridized carbons (Fsp3) is 0.409. The van der Waals surface area contributed by atoms with Crippen LogP contribution in [0.5, 0.6) is 0 Å². The molecule has 1 aliphatic rings. The molecule has 0 radical (unpaired) electrons. The van der Waals surface area contributed by atoms with Crippen LogP contribution in [0.15, 0.2) is 42.5 Å². The van der Waals surface area contributed by atoms with Crippen molar-refractivity contribution >= 4 is 29.6 Å². The van der Waals surface area contributed by atoms with Gasteiger partial charge >= 0.3 is 5.97 Å². The number of carbonyl (C=O) groups excluding carboxylic acids is 1. The van der Waals surface area contributed by atoms with Crippen molar-refractivity contribution in [2.45, 2.75) is 31.7 Å². The predicted octanol–water partition coefficient (Wildman–Crippen LogP) is 3.34. The standard InChI is InChI=1S/C22H27FN2O4S.ClH/c1-29-22(26)19-5-6-20(21(23)14-19)15-25(30(27)28)12-9-16-3-2-4-18(13-16)17-7-10-24-11-8-17;/h2-6,13-14,17,24H,7-12,15H2,1H3,(H,27,28);1H/p-1. The molecule has 0 aliphatic carbocycles. The summed E-state index contributed by atoms with van der Waals surface area (Å²) in [7, 11) is 1.22. The molecular weight excluding hydrogens is 443 g/mol. The normalized spacial score (nSPS) is 15.4. The van der Waals surface area contributed by atoms with E-state index in [0.717, 1.165) is 37.6 Å².